The van der Waals surface area contributed by atoms with Crippen molar-refractivity contribution in [3.05, 3.63) is 32.2 Å². The van der Waals surface area contributed by atoms with Gasteiger partial charge >= 0.3 is 0 Å². The number of aryl methyl sites for hydroxylation is 3. The number of amides is 1. The smallest absolute Gasteiger partial charge is 0.277 e. The minimum Gasteiger partial charge on any atom is -0.377 e. The fourth-order valence-corrected chi connectivity index (χ4v) is 5.28. The Hall–Kier alpha value is -2.10. The van der Waals surface area contributed by atoms with Crippen LogP contribution in [0.25, 0.3) is 10.6 Å². The summed E-state index contributed by atoms with van der Waals surface area (Å²) in [6, 6.07) is 0. The van der Waals surface area contributed by atoms with Crippen LogP contribution in [-0.2, 0) is 11.8 Å². The molecule has 0 aliphatic carbocycles. The van der Waals surface area contributed by atoms with Crippen LogP contribution >= 0.6 is 11.3 Å². The number of ether oxygens (including phenoxy) is 1. The molecule has 1 unspecified atom stereocenters. The average molecular weight is 432 g/mol. The molecule has 30 heavy (non-hydrogen) atoms. The predicted molar refractivity (Wildman–Crippen MR) is 116 cm³/mol. The lowest BCUT2D eigenvalue weighted by atomic mass is 10.1. The molecule has 9 heteroatoms. The number of aromatic nitrogens is 3. The molecule has 4 rings (SSSR count). The third-order valence-electron chi connectivity index (χ3n) is 6.08. The lowest BCUT2D eigenvalue weighted by molar-refractivity contribution is 0.0434. The number of carbonyl (C=O) groups excluding carboxylic acids is 1. The molecule has 0 N–H and O–H groups in total. The number of carbonyl (C=O) groups is 1. The lowest BCUT2D eigenvalue weighted by Gasteiger charge is -2.35. The summed E-state index contributed by atoms with van der Waals surface area (Å²) in [6.07, 6.45) is 2.62. The first-order valence-corrected chi connectivity index (χ1v) is 11.3. The van der Waals surface area contributed by atoms with Crippen molar-refractivity contribution in [2.75, 3.05) is 39.3 Å². The molecule has 0 bridgehead atoms. The number of piperazine rings is 1. The summed E-state index contributed by atoms with van der Waals surface area (Å²) in [7, 11) is 1.64. The van der Waals surface area contributed by atoms with Crippen LogP contribution < -0.4 is 5.56 Å². The molecule has 0 spiro atoms. The molecule has 1 amide bonds. The van der Waals surface area contributed by atoms with Crippen molar-refractivity contribution < 1.29 is 9.53 Å². The fourth-order valence-electron chi connectivity index (χ4n) is 4.16. The van der Waals surface area contributed by atoms with Crippen LogP contribution in [-0.4, -0.2) is 75.9 Å². The molecule has 8 nitrogen and oxygen atoms in total. The van der Waals surface area contributed by atoms with Gasteiger partial charge in [-0.15, -0.1) is 11.3 Å². The van der Waals surface area contributed by atoms with Crippen LogP contribution in [0.3, 0.4) is 0 Å². The molecule has 2 aromatic rings. The van der Waals surface area contributed by atoms with Crippen LogP contribution in [0.15, 0.2) is 4.79 Å². The van der Waals surface area contributed by atoms with E-state index < -0.39 is 0 Å². The highest BCUT2D eigenvalue weighted by atomic mass is 32.1. The standard InChI is InChI=1S/C21H29N5O3S/c1-13-14(2)23-24(4)20(27)17(13)19-22-15(3)18(30-19)21(28)26-9-7-25(8-10-26)12-16-6-5-11-29-16/h16H,5-12H2,1-4H3. The van der Waals surface area contributed by atoms with Crippen LogP contribution in [0.4, 0.5) is 0 Å². The molecule has 0 saturated carbocycles. The van der Waals surface area contributed by atoms with E-state index in [-0.39, 0.29) is 11.5 Å². The van der Waals surface area contributed by atoms with Gasteiger partial charge in [0, 0.05) is 46.4 Å². The normalized spacial score (nSPS) is 20.1. The summed E-state index contributed by atoms with van der Waals surface area (Å²) >= 11 is 1.31. The van der Waals surface area contributed by atoms with E-state index in [9.17, 15) is 9.59 Å². The highest BCUT2D eigenvalue weighted by Gasteiger charge is 2.28. The monoisotopic (exact) mass is 431 g/mol. The highest BCUT2D eigenvalue weighted by Crippen LogP contribution is 2.29. The molecule has 1 atom stereocenters. The SMILES string of the molecule is Cc1nc(-c2c(C)c(C)nn(C)c2=O)sc1C(=O)N1CCN(CC2CCCO2)CC1. The molecule has 2 aliphatic rings. The first-order chi connectivity index (χ1) is 14.3. The third kappa shape index (κ3) is 4.06. The molecule has 2 aromatic heterocycles. The van der Waals surface area contributed by atoms with Crippen molar-refractivity contribution in [2.24, 2.45) is 7.05 Å². The molecule has 4 heterocycles. The lowest BCUT2D eigenvalue weighted by Crippen LogP contribution is -2.50. The van der Waals surface area contributed by atoms with E-state index >= 15 is 0 Å². The molecule has 2 fully saturated rings. The number of hydrogen-bond acceptors (Lipinski definition) is 7. The summed E-state index contributed by atoms with van der Waals surface area (Å²) in [4.78, 5) is 35.3. The fraction of sp³-hybridized carbons (Fsp3) is 0.619. The predicted octanol–water partition coefficient (Wildman–Crippen LogP) is 1.77. The molecule has 162 valence electrons. The van der Waals surface area contributed by atoms with E-state index in [1.54, 1.807) is 7.05 Å². The molecular weight excluding hydrogens is 402 g/mol. The maximum absolute atomic E-state index is 13.2. The molecular formula is C21H29N5O3S. The van der Waals surface area contributed by atoms with Crippen molar-refractivity contribution >= 4 is 17.2 Å². The number of nitrogens with zero attached hydrogens (tertiary/aromatic N) is 5. The van der Waals surface area contributed by atoms with E-state index in [1.807, 2.05) is 25.7 Å². The van der Waals surface area contributed by atoms with Gasteiger partial charge in [-0.25, -0.2) is 9.67 Å². The Morgan fingerprint density at radius 2 is 1.90 bits per heavy atom. The van der Waals surface area contributed by atoms with Gasteiger partial charge in [0.25, 0.3) is 11.5 Å². The Bertz CT molecular complexity index is 1000. The summed E-state index contributed by atoms with van der Waals surface area (Å²) in [5, 5.41) is 4.83. The number of hydrogen-bond donors (Lipinski definition) is 0. The Morgan fingerprint density at radius 3 is 2.57 bits per heavy atom. The van der Waals surface area contributed by atoms with E-state index in [2.05, 4.69) is 15.0 Å². The van der Waals surface area contributed by atoms with E-state index in [0.29, 0.717) is 40.3 Å². The van der Waals surface area contributed by atoms with E-state index in [0.717, 1.165) is 50.3 Å². The molecule has 2 saturated heterocycles. The molecule has 0 aromatic carbocycles. The van der Waals surface area contributed by atoms with E-state index in [1.165, 1.54) is 16.0 Å². The van der Waals surface area contributed by atoms with Gasteiger partial charge in [-0.1, -0.05) is 0 Å². The van der Waals surface area contributed by atoms with Crippen molar-refractivity contribution in [3.63, 3.8) is 0 Å². The second-order valence-corrected chi connectivity index (χ2v) is 9.17. The zero-order valence-corrected chi connectivity index (χ0v) is 18.9. The summed E-state index contributed by atoms with van der Waals surface area (Å²) in [6.45, 7) is 10.5. The Balaban J connectivity index is 1.49. The Kier molecular flexibility index (Phi) is 6.04. The zero-order chi connectivity index (χ0) is 21.4. The quantitative estimate of drug-likeness (QED) is 0.734. The van der Waals surface area contributed by atoms with Crippen LogP contribution in [0.5, 0.6) is 0 Å². The van der Waals surface area contributed by atoms with Crippen LogP contribution in [0.1, 0.15) is 39.5 Å². The Labute approximate surface area is 180 Å². The zero-order valence-electron chi connectivity index (χ0n) is 18.1. The van der Waals surface area contributed by atoms with Crippen LogP contribution in [0, 0.1) is 20.8 Å². The topological polar surface area (TPSA) is 80.6 Å². The summed E-state index contributed by atoms with van der Waals surface area (Å²) < 4.78 is 7.07. The third-order valence-corrected chi connectivity index (χ3v) is 7.24. The van der Waals surface area contributed by atoms with Gasteiger partial charge in [0.15, 0.2) is 0 Å². The van der Waals surface area contributed by atoms with E-state index in [4.69, 9.17) is 4.74 Å². The first-order valence-electron chi connectivity index (χ1n) is 10.5. The van der Waals surface area contributed by atoms with Crippen molar-refractivity contribution in [1.29, 1.82) is 0 Å². The van der Waals surface area contributed by atoms with Gasteiger partial charge in [-0.05, 0) is 39.2 Å². The molecule has 0 radical (unpaired) electrons. The second kappa shape index (κ2) is 8.56. The van der Waals surface area contributed by atoms with Gasteiger partial charge in [0.05, 0.1) is 23.1 Å². The summed E-state index contributed by atoms with van der Waals surface area (Å²) in [5.74, 6) is 0.00766. The highest BCUT2D eigenvalue weighted by molar-refractivity contribution is 7.17. The van der Waals surface area contributed by atoms with Gasteiger partial charge in [0.2, 0.25) is 0 Å². The van der Waals surface area contributed by atoms with Crippen molar-refractivity contribution in [2.45, 2.75) is 39.7 Å². The van der Waals surface area contributed by atoms with Gasteiger partial charge in [-0.3, -0.25) is 14.5 Å². The molecule has 2 aliphatic heterocycles. The second-order valence-electron chi connectivity index (χ2n) is 8.18. The van der Waals surface area contributed by atoms with Gasteiger partial charge in [0.1, 0.15) is 9.88 Å². The first kappa shape index (κ1) is 21.1. The average Bonchev–Trinajstić information content (AvgIpc) is 3.36. The maximum Gasteiger partial charge on any atom is 0.277 e. The van der Waals surface area contributed by atoms with Crippen LogP contribution in [0.2, 0.25) is 0 Å². The van der Waals surface area contributed by atoms with Gasteiger partial charge in [-0.2, -0.15) is 5.10 Å². The number of rotatable bonds is 4. The van der Waals surface area contributed by atoms with Crippen molar-refractivity contribution in [3.8, 4) is 10.6 Å². The van der Waals surface area contributed by atoms with Gasteiger partial charge < -0.3 is 9.64 Å². The number of thiazole rings is 1. The van der Waals surface area contributed by atoms with Crippen molar-refractivity contribution in [1.82, 2.24) is 24.6 Å². The largest absolute Gasteiger partial charge is 0.377 e. The minimum atomic E-state index is -0.186. The summed E-state index contributed by atoms with van der Waals surface area (Å²) in [5.41, 5.74) is 2.63. The minimum absolute atomic E-state index is 0.00766. The maximum atomic E-state index is 13.2. The Morgan fingerprint density at radius 1 is 1.17 bits per heavy atom.